The molecule has 7 nitrogen and oxygen atoms in total. The minimum atomic E-state index is -0.0227. The molecule has 4 rings (SSSR count). The van der Waals surface area contributed by atoms with E-state index in [-0.39, 0.29) is 11.9 Å². The zero-order valence-electron chi connectivity index (χ0n) is 14.5. The van der Waals surface area contributed by atoms with Crippen LogP contribution in [-0.2, 0) is 13.6 Å². The topological polar surface area (TPSA) is 68.8 Å². The first kappa shape index (κ1) is 15.6. The van der Waals surface area contributed by atoms with E-state index in [1.165, 1.54) is 0 Å². The number of benzene rings is 1. The summed E-state index contributed by atoms with van der Waals surface area (Å²) < 4.78 is 3.77. The molecule has 0 saturated heterocycles. The van der Waals surface area contributed by atoms with Crippen LogP contribution < -0.4 is 0 Å². The lowest BCUT2D eigenvalue weighted by molar-refractivity contribution is 0.0671. The summed E-state index contributed by atoms with van der Waals surface area (Å²) in [6.45, 7) is 5.05. The van der Waals surface area contributed by atoms with E-state index in [1.54, 1.807) is 11.7 Å². The molecule has 1 aliphatic rings. The molecule has 2 aromatic heterocycles. The van der Waals surface area contributed by atoms with Crippen LogP contribution in [0.15, 0.2) is 36.4 Å². The Morgan fingerprint density at radius 2 is 1.96 bits per heavy atom. The molecule has 0 fully saturated rings. The van der Waals surface area contributed by atoms with E-state index in [0.29, 0.717) is 18.8 Å². The van der Waals surface area contributed by atoms with Crippen LogP contribution in [-0.4, -0.2) is 41.9 Å². The fourth-order valence-electron chi connectivity index (χ4n) is 3.44. The van der Waals surface area contributed by atoms with E-state index in [2.05, 4.69) is 26.8 Å². The first-order valence-electron chi connectivity index (χ1n) is 8.33. The van der Waals surface area contributed by atoms with E-state index in [4.69, 9.17) is 0 Å². The van der Waals surface area contributed by atoms with Crippen LogP contribution in [0.1, 0.15) is 35.0 Å². The molecule has 1 amide bonds. The van der Waals surface area contributed by atoms with Crippen molar-refractivity contribution in [1.82, 2.24) is 29.4 Å². The Balaban J connectivity index is 1.66. The SMILES string of the molecule is Cc1cc(C(=O)N2Cc3nnc(-c4ccccc4)n3[C@@H](C)C2)n(C)n1. The fourth-order valence-corrected chi connectivity index (χ4v) is 3.44. The van der Waals surface area contributed by atoms with Gasteiger partial charge in [-0.15, -0.1) is 10.2 Å². The predicted octanol–water partition coefficient (Wildman–Crippen LogP) is 2.20. The molecule has 3 heterocycles. The van der Waals surface area contributed by atoms with Gasteiger partial charge in [-0.1, -0.05) is 30.3 Å². The number of amides is 1. The summed E-state index contributed by atoms with van der Waals surface area (Å²) in [5.41, 5.74) is 2.47. The highest BCUT2D eigenvalue weighted by molar-refractivity contribution is 5.92. The summed E-state index contributed by atoms with van der Waals surface area (Å²) in [6.07, 6.45) is 0. The highest BCUT2D eigenvalue weighted by Gasteiger charge is 2.31. The van der Waals surface area contributed by atoms with Crippen LogP contribution in [0.3, 0.4) is 0 Å². The first-order chi connectivity index (χ1) is 12.0. The third-order valence-corrected chi connectivity index (χ3v) is 4.56. The first-order valence-corrected chi connectivity index (χ1v) is 8.33. The molecule has 1 atom stereocenters. The van der Waals surface area contributed by atoms with Gasteiger partial charge in [0.25, 0.3) is 5.91 Å². The number of carbonyl (C=O) groups excluding carboxylic acids is 1. The summed E-state index contributed by atoms with van der Waals surface area (Å²) in [5, 5.41) is 13.0. The van der Waals surface area contributed by atoms with Gasteiger partial charge in [-0.25, -0.2) is 0 Å². The van der Waals surface area contributed by atoms with Crippen LogP contribution >= 0.6 is 0 Å². The van der Waals surface area contributed by atoms with Crippen LogP contribution in [0.25, 0.3) is 11.4 Å². The average molecular weight is 336 g/mol. The number of nitrogens with zero attached hydrogens (tertiary/aromatic N) is 6. The molecule has 1 aromatic carbocycles. The van der Waals surface area contributed by atoms with Crippen molar-refractivity contribution in [1.29, 1.82) is 0 Å². The zero-order valence-corrected chi connectivity index (χ0v) is 14.5. The lowest BCUT2D eigenvalue weighted by atomic mass is 10.1. The van der Waals surface area contributed by atoms with Gasteiger partial charge in [-0.3, -0.25) is 9.48 Å². The van der Waals surface area contributed by atoms with Gasteiger partial charge < -0.3 is 9.47 Å². The highest BCUT2D eigenvalue weighted by atomic mass is 16.2. The van der Waals surface area contributed by atoms with Crippen molar-refractivity contribution in [3.63, 3.8) is 0 Å². The minimum Gasteiger partial charge on any atom is -0.328 e. The molecule has 0 bridgehead atoms. The van der Waals surface area contributed by atoms with Crippen LogP contribution in [0.5, 0.6) is 0 Å². The third kappa shape index (κ3) is 2.61. The Bertz CT molecular complexity index is 926. The Hall–Kier alpha value is -2.96. The molecule has 128 valence electrons. The van der Waals surface area contributed by atoms with E-state index >= 15 is 0 Å². The smallest absolute Gasteiger partial charge is 0.272 e. The fraction of sp³-hybridized carbons (Fsp3) is 0.333. The van der Waals surface area contributed by atoms with Gasteiger partial charge in [0, 0.05) is 19.2 Å². The molecule has 0 aliphatic carbocycles. The maximum atomic E-state index is 12.9. The summed E-state index contributed by atoms with van der Waals surface area (Å²) in [4.78, 5) is 14.7. The molecule has 0 saturated carbocycles. The normalized spacial score (nSPS) is 16.8. The van der Waals surface area contributed by atoms with Crippen molar-refractivity contribution in [3.8, 4) is 11.4 Å². The molecule has 3 aromatic rings. The molecule has 1 aliphatic heterocycles. The number of aromatic nitrogens is 5. The van der Waals surface area contributed by atoms with Crippen LogP contribution in [0.4, 0.5) is 0 Å². The number of fused-ring (bicyclic) bond motifs is 1. The van der Waals surface area contributed by atoms with Crippen molar-refractivity contribution < 1.29 is 4.79 Å². The lowest BCUT2D eigenvalue weighted by Crippen LogP contribution is -2.41. The number of aryl methyl sites for hydroxylation is 2. The predicted molar refractivity (Wildman–Crippen MR) is 92.9 cm³/mol. The standard InChI is InChI=1S/C18H20N6O/c1-12-9-15(22(3)21-12)18(25)23-10-13(2)24-16(11-23)19-20-17(24)14-7-5-4-6-8-14/h4-9,13H,10-11H2,1-3H3/t13-/m0/s1. The highest BCUT2D eigenvalue weighted by Crippen LogP contribution is 2.28. The maximum Gasteiger partial charge on any atom is 0.272 e. The van der Waals surface area contributed by atoms with Crippen molar-refractivity contribution in [2.45, 2.75) is 26.4 Å². The minimum absolute atomic E-state index is 0.0227. The largest absolute Gasteiger partial charge is 0.328 e. The zero-order chi connectivity index (χ0) is 17.6. The number of rotatable bonds is 2. The Morgan fingerprint density at radius 1 is 1.20 bits per heavy atom. The van der Waals surface area contributed by atoms with E-state index in [9.17, 15) is 4.79 Å². The molecular formula is C18H20N6O. The number of hydrogen-bond donors (Lipinski definition) is 0. The maximum absolute atomic E-state index is 12.9. The molecule has 0 radical (unpaired) electrons. The van der Waals surface area contributed by atoms with Gasteiger partial charge in [0.1, 0.15) is 5.69 Å². The molecule has 25 heavy (non-hydrogen) atoms. The summed E-state index contributed by atoms with van der Waals surface area (Å²) in [7, 11) is 1.80. The molecule has 0 N–H and O–H groups in total. The van der Waals surface area contributed by atoms with E-state index in [0.717, 1.165) is 22.9 Å². The van der Waals surface area contributed by atoms with Gasteiger partial charge in [-0.2, -0.15) is 5.10 Å². The van der Waals surface area contributed by atoms with Crippen molar-refractivity contribution in [2.75, 3.05) is 6.54 Å². The third-order valence-electron chi connectivity index (χ3n) is 4.56. The van der Waals surface area contributed by atoms with E-state index in [1.807, 2.05) is 48.2 Å². The second kappa shape index (κ2) is 5.84. The van der Waals surface area contributed by atoms with Gasteiger partial charge in [0.15, 0.2) is 11.6 Å². The molecule has 0 spiro atoms. The monoisotopic (exact) mass is 336 g/mol. The van der Waals surface area contributed by atoms with Gasteiger partial charge >= 0.3 is 0 Å². The summed E-state index contributed by atoms with van der Waals surface area (Å²) in [6, 6.07) is 11.9. The summed E-state index contributed by atoms with van der Waals surface area (Å²) >= 11 is 0. The number of carbonyl (C=O) groups is 1. The molecule has 0 unspecified atom stereocenters. The van der Waals surface area contributed by atoms with E-state index < -0.39 is 0 Å². The summed E-state index contributed by atoms with van der Waals surface area (Å²) in [5.74, 6) is 1.64. The second-order valence-corrected chi connectivity index (χ2v) is 6.51. The van der Waals surface area contributed by atoms with Crippen molar-refractivity contribution >= 4 is 5.91 Å². The Labute approximate surface area is 145 Å². The van der Waals surface area contributed by atoms with Crippen LogP contribution in [0.2, 0.25) is 0 Å². The van der Waals surface area contributed by atoms with Crippen LogP contribution in [0, 0.1) is 6.92 Å². The van der Waals surface area contributed by atoms with Crippen molar-refractivity contribution in [3.05, 3.63) is 53.6 Å². The number of hydrogen-bond acceptors (Lipinski definition) is 4. The molecular weight excluding hydrogens is 316 g/mol. The Morgan fingerprint density at radius 3 is 2.64 bits per heavy atom. The van der Waals surface area contributed by atoms with Gasteiger partial charge in [0.2, 0.25) is 0 Å². The van der Waals surface area contributed by atoms with Crippen molar-refractivity contribution in [2.24, 2.45) is 7.05 Å². The quantitative estimate of drug-likeness (QED) is 0.719. The van der Waals surface area contributed by atoms with Gasteiger partial charge in [0.05, 0.1) is 18.3 Å². The molecule has 7 heteroatoms. The second-order valence-electron chi connectivity index (χ2n) is 6.51. The Kier molecular flexibility index (Phi) is 3.63. The average Bonchev–Trinajstić information content (AvgIpc) is 3.18. The van der Waals surface area contributed by atoms with Gasteiger partial charge in [-0.05, 0) is 19.9 Å². The lowest BCUT2D eigenvalue weighted by Gasteiger charge is -2.32.